The molecule has 3 nitrogen and oxygen atoms in total. The standard InChI is InChI=1S/C17H14ClNO2/c1-2-12-6-8-13(9-7-12)16(20)11-21-17-5-3-4-15(18)14(17)10-19/h3-9H,2,11H2,1H3. The Bertz CT molecular complexity index is 687. The minimum Gasteiger partial charge on any atom is -0.484 e. The molecule has 0 fully saturated rings. The lowest BCUT2D eigenvalue weighted by atomic mass is 10.1. The zero-order valence-corrected chi connectivity index (χ0v) is 12.4. The smallest absolute Gasteiger partial charge is 0.200 e. The topological polar surface area (TPSA) is 50.1 Å². The lowest BCUT2D eigenvalue weighted by Crippen LogP contribution is -2.12. The van der Waals surface area contributed by atoms with Crippen molar-refractivity contribution in [1.29, 1.82) is 5.26 Å². The highest BCUT2D eigenvalue weighted by Gasteiger charge is 2.11. The van der Waals surface area contributed by atoms with Gasteiger partial charge in [0.25, 0.3) is 0 Å². The average Bonchev–Trinajstić information content (AvgIpc) is 2.52. The van der Waals surface area contributed by atoms with Crippen molar-refractivity contribution in [3.05, 3.63) is 64.2 Å². The van der Waals surface area contributed by atoms with Gasteiger partial charge in [-0.2, -0.15) is 5.26 Å². The van der Waals surface area contributed by atoms with Gasteiger partial charge in [-0.1, -0.05) is 48.9 Å². The van der Waals surface area contributed by atoms with Gasteiger partial charge in [0.1, 0.15) is 17.4 Å². The number of hydrogen-bond donors (Lipinski definition) is 0. The van der Waals surface area contributed by atoms with Crippen LogP contribution < -0.4 is 4.74 Å². The van der Waals surface area contributed by atoms with E-state index >= 15 is 0 Å². The summed E-state index contributed by atoms with van der Waals surface area (Å²) >= 11 is 5.91. The molecule has 0 amide bonds. The van der Waals surface area contributed by atoms with E-state index in [-0.39, 0.29) is 18.0 Å². The molecule has 0 bridgehead atoms. The molecule has 0 saturated carbocycles. The van der Waals surface area contributed by atoms with E-state index in [0.29, 0.717) is 16.3 Å². The van der Waals surface area contributed by atoms with Gasteiger partial charge < -0.3 is 4.74 Å². The Hall–Kier alpha value is -2.31. The highest BCUT2D eigenvalue weighted by Crippen LogP contribution is 2.25. The van der Waals surface area contributed by atoms with Gasteiger partial charge in [-0.25, -0.2) is 0 Å². The van der Waals surface area contributed by atoms with Crippen LogP contribution in [0.25, 0.3) is 0 Å². The molecule has 0 unspecified atom stereocenters. The van der Waals surface area contributed by atoms with E-state index in [1.165, 1.54) is 5.56 Å². The maximum Gasteiger partial charge on any atom is 0.200 e. The Balaban J connectivity index is 2.07. The maximum absolute atomic E-state index is 12.1. The van der Waals surface area contributed by atoms with E-state index < -0.39 is 0 Å². The number of nitriles is 1. The quantitative estimate of drug-likeness (QED) is 0.783. The van der Waals surface area contributed by atoms with Gasteiger partial charge >= 0.3 is 0 Å². The monoisotopic (exact) mass is 299 g/mol. The van der Waals surface area contributed by atoms with E-state index in [1.807, 2.05) is 18.2 Å². The third-order valence-corrected chi connectivity index (χ3v) is 3.45. The van der Waals surface area contributed by atoms with Crippen molar-refractivity contribution in [3.63, 3.8) is 0 Å². The van der Waals surface area contributed by atoms with E-state index in [1.54, 1.807) is 30.3 Å². The van der Waals surface area contributed by atoms with Crippen molar-refractivity contribution in [3.8, 4) is 11.8 Å². The number of ketones is 1. The van der Waals surface area contributed by atoms with Crippen LogP contribution in [-0.4, -0.2) is 12.4 Å². The number of halogens is 1. The predicted molar refractivity (Wildman–Crippen MR) is 81.8 cm³/mol. The van der Waals surface area contributed by atoms with Gasteiger partial charge in [0, 0.05) is 5.56 Å². The lowest BCUT2D eigenvalue weighted by Gasteiger charge is -2.08. The van der Waals surface area contributed by atoms with Crippen molar-refractivity contribution in [1.82, 2.24) is 0 Å². The van der Waals surface area contributed by atoms with Crippen molar-refractivity contribution in [2.24, 2.45) is 0 Å². The SMILES string of the molecule is CCc1ccc(C(=O)COc2cccc(Cl)c2C#N)cc1. The van der Waals surface area contributed by atoms with Crippen molar-refractivity contribution in [2.75, 3.05) is 6.61 Å². The number of carbonyl (C=O) groups excluding carboxylic acids is 1. The van der Waals surface area contributed by atoms with Gasteiger partial charge in [0.15, 0.2) is 12.4 Å². The normalized spacial score (nSPS) is 9.95. The number of rotatable bonds is 5. The Morgan fingerprint density at radius 2 is 1.95 bits per heavy atom. The molecule has 0 spiro atoms. The summed E-state index contributed by atoms with van der Waals surface area (Å²) in [5.41, 5.74) is 2.01. The minimum absolute atomic E-state index is 0.125. The summed E-state index contributed by atoms with van der Waals surface area (Å²) in [4.78, 5) is 12.1. The summed E-state index contributed by atoms with van der Waals surface area (Å²) in [5, 5.41) is 9.35. The second-order valence-electron chi connectivity index (χ2n) is 4.49. The van der Waals surface area contributed by atoms with Gasteiger partial charge in [-0.15, -0.1) is 0 Å². The number of carbonyl (C=O) groups is 1. The van der Waals surface area contributed by atoms with Crippen LogP contribution in [0.4, 0.5) is 0 Å². The van der Waals surface area contributed by atoms with Gasteiger partial charge in [0.2, 0.25) is 0 Å². The molecular weight excluding hydrogens is 286 g/mol. The third-order valence-electron chi connectivity index (χ3n) is 3.13. The molecule has 2 aromatic rings. The molecule has 0 aromatic heterocycles. The fourth-order valence-corrected chi connectivity index (χ4v) is 2.09. The van der Waals surface area contributed by atoms with Crippen LogP contribution in [-0.2, 0) is 6.42 Å². The third kappa shape index (κ3) is 3.62. The molecule has 21 heavy (non-hydrogen) atoms. The second kappa shape index (κ2) is 6.92. The Morgan fingerprint density at radius 3 is 2.57 bits per heavy atom. The number of hydrogen-bond acceptors (Lipinski definition) is 3. The minimum atomic E-state index is -0.137. The molecule has 0 aliphatic rings. The molecule has 4 heteroatoms. The number of Topliss-reactive ketones (excluding diaryl/α,β-unsaturated/α-hetero) is 1. The fourth-order valence-electron chi connectivity index (χ4n) is 1.89. The van der Waals surface area contributed by atoms with Gasteiger partial charge in [-0.05, 0) is 24.1 Å². The molecule has 0 aliphatic carbocycles. The second-order valence-corrected chi connectivity index (χ2v) is 4.89. The molecule has 0 aliphatic heterocycles. The zero-order valence-electron chi connectivity index (χ0n) is 11.6. The molecular formula is C17H14ClNO2. The Kier molecular flexibility index (Phi) is 4.97. The summed E-state index contributed by atoms with van der Waals surface area (Å²) in [5.74, 6) is 0.185. The number of nitrogens with zero attached hydrogens (tertiary/aromatic N) is 1. The van der Waals surface area contributed by atoms with Crippen LogP contribution >= 0.6 is 11.6 Å². The van der Waals surface area contributed by atoms with Crippen LogP contribution in [0.2, 0.25) is 5.02 Å². The van der Waals surface area contributed by atoms with Crippen LogP contribution in [0.15, 0.2) is 42.5 Å². The Morgan fingerprint density at radius 1 is 1.24 bits per heavy atom. The highest BCUT2D eigenvalue weighted by atomic mass is 35.5. The summed E-state index contributed by atoms with van der Waals surface area (Å²) < 4.78 is 5.43. The number of benzene rings is 2. The number of ether oxygens (including phenoxy) is 1. The van der Waals surface area contributed by atoms with Crippen molar-refractivity contribution in [2.45, 2.75) is 13.3 Å². The predicted octanol–water partition coefficient (Wildman–Crippen LogP) is 4.04. The molecule has 0 heterocycles. The highest BCUT2D eigenvalue weighted by molar-refractivity contribution is 6.31. The first-order valence-electron chi connectivity index (χ1n) is 6.59. The summed E-state index contributed by atoms with van der Waals surface area (Å²) in [7, 11) is 0. The van der Waals surface area contributed by atoms with Crippen LogP contribution in [0.3, 0.4) is 0 Å². The van der Waals surface area contributed by atoms with Gasteiger partial charge in [0.05, 0.1) is 5.02 Å². The van der Waals surface area contributed by atoms with E-state index in [2.05, 4.69) is 6.92 Å². The molecule has 0 N–H and O–H groups in total. The van der Waals surface area contributed by atoms with Crippen molar-refractivity contribution < 1.29 is 9.53 Å². The first-order valence-corrected chi connectivity index (χ1v) is 6.97. The first kappa shape index (κ1) is 15.1. The average molecular weight is 300 g/mol. The fraction of sp³-hybridized carbons (Fsp3) is 0.176. The summed E-state index contributed by atoms with van der Waals surface area (Å²) in [6.45, 7) is 1.93. The molecule has 2 aromatic carbocycles. The van der Waals surface area contributed by atoms with Crippen molar-refractivity contribution >= 4 is 17.4 Å². The van der Waals surface area contributed by atoms with Crippen LogP contribution in [0.1, 0.15) is 28.4 Å². The molecule has 2 rings (SSSR count). The largest absolute Gasteiger partial charge is 0.484 e. The van der Waals surface area contributed by atoms with Gasteiger partial charge in [-0.3, -0.25) is 4.79 Å². The number of aryl methyl sites for hydroxylation is 1. The summed E-state index contributed by atoms with van der Waals surface area (Å²) in [6, 6.07) is 14.3. The van der Waals surface area contributed by atoms with E-state index in [4.69, 9.17) is 21.6 Å². The molecule has 0 atom stereocenters. The van der Waals surface area contributed by atoms with Crippen LogP contribution in [0, 0.1) is 11.3 Å². The zero-order chi connectivity index (χ0) is 15.2. The Labute approximate surface area is 128 Å². The van der Waals surface area contributed by atoms with Crippen LogP contribution in [0.5, 0.6) is 5.75 Å². The molecule has 0 radical (unpaired) electrons. The van der Waals surface area contributed by atoms with E-state index in [0.717, 1.165) is 6.42 Å². The lowest BCUT2D eigenvalue weighted by molar-refractivity contribution is 0.0921. The maximum atomic E-state index is 12.1. The molecule has 0 saturated heterocycles. The molecule has 106 valence electrons. The summed E-state index contributed by atoms with van der Waals surface area (Å²) in [6.07, 6.45) is 0.930. The first-order chi connectivity index (χ1) is 10.2. The van der Waals surface area contributed by atoms with E-state index in [9.17, 15) is 4.79 Å².